The molecule has 12 atom stereocenters. The highest BCUT2D eigenvalue weighted by molar-refractivity contribution is 5.94. The molecule has 1 aliphatic heterocycles. The standard InChI is InChI=1S/C32H45NO10/c1-15-19(25(43-41)23(35)17(3)33-28(38)18-10-8-7-9-11-18)13-32(40)16(2)26-30(6,20(34)12-21-31(26,39)14-42-21)27(37)24(36)22(15)29(32,4)5/h7-11,16-17,19-21,23-26,34-36,39-41H,12-14H2,1-6H3,(H,33,38)/t16?,17?,19?,20?,21?,23?,24?,25-,26?,30-,31?,32?/m1/s1. The number of hydrogen-bond donors (Lipinski definition) is 7. The van der Waals surface area contributed by atoms with Gasteiger partial charge in [-0.1, -0.05) is 44.5 Å². The molecule has 1 saturated heterocycles. The predicted molar refractivity (Wildman–Crippen MR) is 154 cm³/mol. The summed E-state index contributed by atoms with van der Waals surface area (Å²) in [6.45, 7) is 9.86. The minimum atomic E-state index is -1.76. The fourth-order valence-electron chi connectivity index (χ4n) is 9.05. The van der Waals surface area contributed by atoms with Crippen molar-refractivity contribution in [2.24, 2.45) is 28.6 Å². The molecule has 11 heteroatoms. The first kappa shape index (κ1) is 32.2. The maximum atomic E-state index is 14.3. The highest BCUT2D eigenvalue weighted by Crippen LogP contribution is 2.65. The smallest absolute Gasteiger partial charge is 0.251 e. The van der Waals surface area contributed by atoms with Crippen LogP contribution < -0.4 is 5.32 Å². The van der Waals surface area contributed by atoms with Crippen LogP contribution in [0, 0.1) is 28.6 Å². The second-order valence-corrected chi connectivity index (χ2v) is 14.0. The van der Waals surface area contributed by atoms with Crippen molar-refractivity contribution in [3.8, 4) is 0 Å². The first-order valence-corrected chi connectivity index (χ1v) is 15.0. The summed E-state index contributed by atoms with van der Waals surface area (Å²) >= 11 is 0. The van der Waals surface area contributed by atoms with E-state index in [4.69, 9.17) is 9.62 Å². The fraction of sp³-hybridized carbons (Fsp3) is 0.688. The van der Waals surface area contributed by atoms with Crippen molar-refractivity contribution in [3.05, 3.63) is 47.0 Å². The Morgan fingerprint density at radius 2 is 1.77 bits per heavy atom. The molecule has 4 aliphatic rings. The second-order valence-electron chi connectivity index (χ2n) is 14.0. The summed E-state index contributed by atoms with van der Waals surface area (Å²) in [6, 6.07) is 7.52. The summed E-state index contributed by atoms with van der Waals surface area (Å²) in [6.07, 6.45) is -6.64. The molecule has 1 aromatic rings. The molecule has 0 aromatic heterocycles. The third kappa shape index (κ3) is 4.39. The predicted octanol–water partition coefficient (Wildman–Crippen LogP) is 1.21. The zero-order valence-corrected chi connectivity index (χ0v) is 25.5. The van der Waals surface area contributed by atoms with Crippen molar-refractivity contribution >= 4 is 11.7 Å². The summed E-state index contributed by atoms with van der Waals surface area (Å²) in [5.74, 6) is -3.84. The summed E-state index contributed by atoms with van der Waals surface area (Å²) in [5, 5.41) is 71.9. The Labute approximate surface area is 251 Å². The Bertz CT molecular complexity index is 1300. The molecule has 5 rings (SSSR count). The van der Waals surface area contributed by atoms with E-state index >= 15 is 0 Å². The van der Waals surface area contributed by atoms with Gasteiger partial charge in [0.2, 0.25) is 0 Å². The molecule has 43 heavy (non-hydrogen) atoms. The SMILES string of the molecule is CC1=C2C(O)C(=O)[C@]3(C)C(O)CC4OCC4(O)C3C(C)C(O)(CC1[C@@H](OO)C(O)C(C)NC(=O)c1ccccc1)C2(C)C. The number of ether oxygens (including phenoxy) is 1. The molecule has 0 radical (unpaired) electrons. The number of carbonyl (C=O) groups is 2. The van der Waals surface area contributed by atoms with Crippen molar-refractivity contribution in [1.29, 1.82) is 0 Å². The molecule has 7 N–H and O–H groups in total. The van der Waals surface area contributed by atoms with Crippen molar-refractivity contribution in [2.75, 3.05) is 6.61 Å². The van der Waals surface area contributed by atoms with Gasteiger partial charge < -0.3 is 35.6 Å². The molecule has 11 nitrogen and oxygen atoms in total. The van der Waals surface area contributed by atoms with Crippen LogP contribution in [-0.2, 0) is 14.4 Å². The van der Waals surface area contributed by atoms with Crippen LogP contribution >= 0.6 is 0 Å². The van der Waals surface area contributed by atoms with Gasteiger partial charge >= 0.3 is 0 Å². The Hall–Kier alpha value is -2.22. The van der Waals surface area contributed by atoms with Gasteiger partial charge in [0.1, 0.15) is 23.9 Å². The number of benzene rings is 1. The third-order valence-corrected chi connectivity index (χ3v) is 11.7. The lowest BCUT2D eigenvalue weighted by Crippen LogP contribution is -2.78. The minimum absolute atomic E-state index is 0.0103. The number of fused-ring (bicyclic) bond motifs is 5. The number of Topliss-reactive ketones (excluding diaryl/α,β-unsaturated/α-hetero) is 1. The fourth-order valence-corrected chi connectivity index (χ4v) is 9.05. The van der Waals surface area contributed by atoms with Crippen molar-refractivity contribution in [2.45, 2.75) is 102 Å². The van der Waals surface area contributed by atoms with Gasteiger partial charge in [-0.25, -0.2) is 4.89 Å². The van der Waals surface area contributed by atoms with E-state index in [1.807, 2.05) is 0 Å². The van der Waals surface area contributed by atoms with Gasteiger partial charge in [-0.15, -0.1) is 0 Å². The lowest BCUT2D eigenvalue weighted by atomic mass is 9.42. The molecular weight excluding hydrogens is 558 g/mol. The van der Waals surface area contributed by atoms with E-state index in [-0.39, 0.29) is 25.0 Å². The number of nitrogens with one attached hydrogen (secondary N) is 1. The summed E-state index contributed by atoms with van der Waals surface area (Å²) in [5.41, 5.74) is -5.02. The minimum Gasteiger partial charge on any atom is -0.392 e. The Morgan fingerprint density at radius 3 is 2.33 bits per heavy atom. The van der Waals surface area contributed by atoms with Crippen LogP contribution in [0.2, 0.25) is 0 Å². The van der Waals surface area contributed by atoms with Crippen LogP contribution in [0.15, 0.2) is 41.5 Å². The van der Waals surface area contributed by atoms with Gasteiger partial charge in [-0.05, 0) is 50.8 Å². The Balaban J connectivity index is 1.58. The van der Waals surface area contributed by atoms with Crippen LogP contribution in [-0.4, -0.2) is 96.9 Å². The molecule has 10 unspecified atom stereocenters. The lowest BCUT2D eigenvalue weighted by Gasteiger charge is -2.67. The summed E-state index contributed by atoms with van der Waals surface area (Å²) in [7, 11) is 0. The van der Waals surface area contributed by atoms with E-state index in [1.165, 1.54) is 0 Å². The number of ketones is 1. The average Bonchev–Trinajstić information content (AvgIpc) is 2.96. The van der Waals surface area contributed by atoms with Gasteiger partial charge in [0, 0.05) is 29.2 Å². The molecule has 3 aliphatic carbocycles. The molecule has 0 spiro atoms. The second kappa shape index (κ2) is 10.7. The van der Waals surface area contributed by atoms with E-state index < -0.39 is 88.0 Å². The molecule has 2 saturated carbocycles. The van der Waals surface area contributed by atoms with Gasteiger partial charge in [-0.3, -0.25) is 14.8 Å². The van der Waals surface area contributed by atoms with Gasteiger partial charge in [0.25, 0.3) is 5.91 Å². The molecule has 1 heterocycles. The monoisotopic (exact) mass is 603 g/mol. The van der Waals surface area contributed by atoms with Crippen LogP contribution in [0.3, 0.4) is 0 Å². The Kier molecular flexibility index (Phi) is 8.01. The number of aliphatic hydroxyl groups excluding tert-OH is 3. The van der Waals surface area contributed by atoms with Gasteiger partial charge in [0.05, 0.1) is 35.9 Å². The molecule has 2 bridgehead atoms. The molecule has 1 amide bonds. The zero-order valence-electron chi connectivity index (χ0n) is 25.5. The first-order valence-electron chi connectivity index (χ1n) is 15.0. The highest BCUT2D eigenvalue weighted by Gasteiger charge is 2.74. The summed E-state index contributed by atoms with van der Waals surface area (Å²) < 4.78 is 5.59. The largest absolute Gasteiger partial charge is 0.392 e. The van der Waals surface area contributed by atoms with Crippen LogP contribution in [0.4, 0.5) is 0 Å². The molecule has 3 fully saturated rings. The number of amides is 1. The number of rotatable bonds is 6. The van der Waals surface area contributed by atoms with Crippen molar-refractivity contribution < 1.29 is 50.0 Å². The Morgan fingerprint density at radius 1 is 1.14 bits per heavy atom. The van der Waals surface area contributed by atoms with Gasteiger partial charge in [0.15, 0.2) is 5.78 Å². The van der Waals surface area contributed by atoms with E-state index in [9.17, 15) is 40.4 Å². The molecular formula is C32H45NO10. The van der Waals surface area contributed by atoms with Crippen LogP contribution in [0.5, 0.6) is 0 Å². The topological polar surface area (TPSA) is 186 Å². The number of aliphatic hydroxyl groups is 5. The maximum Gasteiger partial charge on any atom is 0.251 e. The van der Waals surface area contributed by atoms with Crippen molar-refractivity contribution in [1.82, 2.24) is 5.32 Å². The summed E-state index contributed by atoms with van der Waals surface area (Å²) in [4.78, 5) is 31.9. The molecule has 238 valence electrons. The quantitative estimate of drug-likeness (QED) is 0.142. The van der Waals surface area contributed by atoms with E-state index in [0.29, 0.717) is 11.1 Å². The first-order chi connectivity index (χ1) is 20.0. The average molecular weight is 604 g/mol. The van der Waals surface area contributed by atoms with Gasteiger partial charge in [-0.2, -0.15) is 0 Å². The zero-order chi connectivity index (χ0) is 31.9. The van der Waals surface area contributed by atoms with E-state index in [2.05, 4.69) is 5.32 Å². The third-order valence-electron chi connectivity index (χ3n) is 11.7. The van der Waals surface area contributed by atoms with Crippen LogP contribution in [0.1, 0.15) is 64.7 Å². The number of carbonyl (C=O) groups excluding carboxylic acids is 2. The van der Waals surface area contributed by atoms with Crippen molar-refractivity contribution in [3.63, 3.8) is 0 Å². The number of hydrogen-bond acceptors (Lipinski definition) is 10. The molecule has 1 aromatic carbocycles. The maximum absolute atomic E-state index is 14.3. The highest BCUT2D eigenvalue weighted by atomic mass is 17.1. The van der Waals surface area contributed by atoms with E-state index in [0.717, 1.165) is 0 Å². The normalized spacial score (nSPS) is 42.4. The van der Waals surface area contributed by atoms with E-state index in [1.54, 1.807) is 71.9 Å². The lowest BCUT2D eigenvalue weighted by molar-refractivity contribution is -0.339. The van der Waals surface area contributed by atoms with Crippen LogP contribution in [0.25, 0.3) is 0 Å².